The molecule has 8 heteroatoms. The van der Waals surface area contributed by atoms with Gasteiger partial charge in [0.1, 0.15) is 0 Å². The van der Waals surface area contributed by atoms with Gasteiger partial charge in [0.25, 0.3) is 11.1 Å². The van der Waals surface area contributed by atoms with Crippen molar-refractivity contribution in [2.75, 3.05) is 13.6 Å². The molecular weight excluding hydrogens is 306 g/mol. The smallest absolute Gasteiger partial charge is 0.277 e. The lowest BCUT2D eigenvalue weighted by Crippen LogP contribution is -2.23. The van der Waals surface area contributed by atoms with Crippen LogP contribution in [0.4, 0.5) is 0 Å². The fraction of sp³-hybridized carbons (Fsp3) is 0.364. The van der Waals surface area contributed by atoms with Crippen molar-refractivity contribution in [1.82, 2.24) is 15.1 Å². The number of amides is 1. The van der Waals surface area contributed by atoms with Crippen molar-refractivity contribution in [2.24, 2.45) is 0 Å². The van der Waals surface area contributed by atoms with E-state index in [-0.39, 0.29) is 11.2 Å². The third-order valence-corrected chi connectivity index (χ3v) is 5.12. The first-order valence-corrected chi connectivity index (χ1v) is 7.72. The molecule has 0 unspecified atom stereocenters. The van der Waals surface area contributed by atoms with Gasteiger partial charge in [0, 0.05) is 13.6 Å². The Balaban J connectivity index is 1.73. The quantitative estimate of drug-likeness (QED) is 0.871. The van der Waals surface area contributed by atoms with Gasteiger partial charge in [-0.2, -0.15) is 0 Å². The van der Waals surface area contributed by atoms with E-state index in [4.69, 9.17) is 16.0 Å². The summed E-state index contributed by atoms with van der Waals surface area (Å²) >= 11 is 8.57. The summed E-state index contributed by atoms with van der Waals surface area (Å²) in [4.78, 5) is 14.3. The molecule has 2 aromatic heterocycles. The molecule has 0 radical (unpaired) electrons. The minimum absolute atomic E-state index is 0.115. The molecular formula is C11H10ClN3O2S2. The molecule has 100 valence electrons. The second-order valence-corrected chi connectivity index (χ2v) is 7.00. The zero-order chi connectivity index (χ0) is 13.4. The van der Waals surface area contributed by atoms with Gasteiger partial charge in [-0.3, -0.25) is 4.79 Å². The Morgan fingerprint density at radius 1 is 1.53 bits per heavy atom. The Morgan fingerprint density at radius 2 is 2.37 bits per heavy atom. The van der Waals surface area contributed by atoms with E-state index in [0.29, 0.717) is 15.4 Å². The van der Waals surface area contributed by atoms with Gasteiger partial charge >= 0.3 is 0 Å². The van der Waals surface area contributed by atoms with Crippen LogP contribution < -0.4 is 0 Å². The van der Waals surface area contributed by atoms with E-state index < -0.39 is 0 Å². The molecule has 19 heavy (non-hydrogen) atoms. The van der Waals surface area contributed by atoms with Gasteiger partial charge in [-0.05, 0) is 18.6 Å². The molecule has 0 saturated carbocycles. The molecule has 3 heterocycles. The van der Waals surface area contributed by atoms with Crippen molar-refractivity contribution in [2.45, 2.75) is 16.9 Å². The minimum Gasteiger partial charge on any atom is -0.410 e. The van der Waals surface area contributed by atoms with Gasteiger partial charge in [-0.15, -0.1) is 21.5 Å². The lowest BCUT2D eigenvalue weighted by molar-refractivity contribution is -0.126. The monoisotopic (exact) mass is 315 g/mol. The highest BCUT2D eigenvalue weighted by Gasteiger charge is 2.31. The van der Waals surface area contributed by atoms with Crippen LogP contribution >= 0.6 is 34.7 Å². The topological polar surface area (TPSA) is 59.2 Å². The van der Waals surface area contributed by atoms with E-state index in [2.05, 4.69) is 10.2 Å². The van der Waals surface area contributed by atoms with Crippen LogP contribution in [0.3, 0.4) is 0 Å². The maximum absolute atomic E-state index is 11.8. The number of thiophene rings is 1. The molecule has 1 aliphatic rings. The standard InChI is InChI=1S/C11H10ClN3O2S2/c1-15-5-4-7(10(15)16)19-11-14-13-9(17-11)6-2-3-8(12)18-6/h2-3,7H,4-5H2,1H3/t7-/m1/s1. The zero-order valence-electron chi connectivity index (χ0n) is 10.00. The highest BCUT2D eigenvalue weighted by molar-refractivity contribution is 8.00. The third-order valence-electron chi connectivity index (χ3n) is 2.81. The van der Waals surface area contributed by atoms with Crippen molar-refractivity contribution in [1.29, 1.82) is 0 Å². The molecule has 0 aromatic carbocycles. The summed E-state index contributed by atoms with van der Waals surface area (Å²) in [6.07, 6.45) is 0.808. The molecule has 3 rings (SSSR count). The van der Waals surface area contributed by atoms with E-state index in [1.165, 1.54) is 23.1 Å². The number of aromatic nitrogens is 2. The first-order chi connectivity index (χ1) is 9.13. The highest BCUT2D eigenvalue weighted by Crippen LogP contribution is 2.34. The average Bonchev–Trinajstić information content (AvgIpc) is 3.07. The molecule has 0 aliphatic carbocycles. The van der Waals surface area contributed by atoms with Gasteiger partial charge in [0.2, 0.25) is 5.91 Å². The van der Waals surface area contributed by atoms with E-state index in [1.807, 2.05) is 6.07 Å². The number of thioether (sulfide) groups is 1. The van der Waals surface area contributed by atoms with Crippen LogP contribution in [-0.2, 0) is 4.79 Å². The van der Waals surface area contributed by atoms with Crippen LogP contribution in [-0.4, -0.2) is 39.8 Å². The van der Waals surface area contributed by atoms with Crippen LogP contribution in [0, 0.1) is 0 Å². The average molecular weight is 316 g/mol. The Bertz CT molecular complexity index is 613. The third kappa shape index (κ3) is 2.63. The first-order valence-electron chi connectivity index (χ1n) is 5.64. The lowest BCUT2D eigenvalue weighted by atomic mass is 10.4. The van der Waals surface area contributed by atoms with Gasteiger partial charge in [0.15, 0.2) is 0 Å². The summed E-state index contributed by atoms with van der Waals surface area (Å²) < 4.78 is 6.23. The van der Waals surface area contributed by atoms with Gasteiger partial charge in [-0.1, -0.05) is 23.4 Å². The molecule has 1 saturated heterocycles. The van der Waals surface area contributed by atoms with Gasteiger partial charge < -0.3 is 9.32 Å². The fourth-order valence-electron chi connectivity index (χ4n) is 1.81. The predicted octanol–water partition coefficient (Wildman–Crippen LogP) is 2.77. The number of hydrogen-bond donors (Lipinski definition) is 0. The SMILES string of the molecule is CN1CC[C@@H](Sc2nnc(-c3ccc(Cl)s3)o2)C1=O. The molecule has 1 fully saturated rings. The lowest BCUT2D eigenvalue weighted by Gasteiger charge is -2.07. The van der Waals surface area contributed by atoms with Gasteiger partial charge in [-0.25, -0.2) is 0 Å². The highest BCUT2D eigenvalue weighted by atomic mass is 35.5. The van der Waals surface area contributed by atoms with E-state index in [1.54, 1.807) is 18.0 Å². The molecule has 0 N–H and O–H groups in total. The fourth-order valence-corrected chi connectivity index (χ4v) is 3.73. The summed E-state index contributed by atoms with van der Waals surface area (Å²) in [6, 6.07) is 3.62. The van der Waals surface area contributed by atoms with Crippen LogP contribution in [0.2, 0.25) is 4.34 Å². The van der Waals surface area contributed by atoms with Crippen molar-refractivity contribution in [3.8, 4) is 10.8 Å². The van der Waals surface area contributed by atoms with Gasteiger partial charge in [0.05, 0.1) is 14.5 Å². The molecule has 1 amide bonds. The normalized spacial score (nSPS) is 19.4. The second kappa shape index (κ2) is 5.15. The summed E-state index contributed by atoms with van der Waals surface area (Å²) in [5.74, 6) is 0.558. The number of carbonyl (C=O) groups excluding carboxylic acids is 1. The van der Waals surface area contributed by atoms with Crippen LogP contribution in [0.1, 0.15) is 6.42 Å². The van der Waals surface area contributed by atoms with Crippen LogP contribution in [0.25, 0.3) is 10.8 Å². The van der Waals surface area contributed by atoms with E-state index in [0.717, 1.165) is 17.8 Å². The van der Waals surface area contributed by atoms with Crippen molar-refractivity contribution in [3.63, 3.8) is 0 Å². The molecule has 1 atom stereocenters. The number of hydrogen-bond acceptors (Lipinski definition) is 6. The zero-order valence-corrected chi connectivity index (χ0v) is 12.4. The maximum atomic E-state index is 11.8. The number of carbonyl (C=O) groups is 1. The minimum atomic E-state index is -0.120. The van der Waals surface area contributed by atoms with E-state index >= 15 is 0 Å². The molecule has 0 bridgehead atoms. The van der Waals surface area contributed by atoms with E-state index in [9.17, 15) is 4.79 Å². The maximum Gasteiger partial charge on any atom is 0.277 e. The molecule has 1 aliphatic heterocycles. The largest absolute Gasteiger partial charge is 0.410 e. The van der Waals surface area contributed by atoms with Crippen molar-refractivity contribution in [3.05, 3.63) is 16.5 Å². The molecule has 5 nitrogen and oxygen atoms in total. The molecule has 2 aromatic rings. The van der Waals surface area contributed by atoms with Crippen molar-refractivity contribution < 1.29 is 9.21 Å². The van der Waals surface area contributed by atoms with Crippen LogP contribution in [0.15, 0.2) is 21.8 Å². The molecule has 0 spiro atoms. The Morgan fingerprint density at radius 3 is 3.00 bits per heavy atom. The number of nitrogens with zero attached hydrogens (tertiary/aromatic N) is 3. The summed E-state index contributed by atoms with van der Waals surface area (Å²) in [6.45, 7) is 0.776. The van der Waals surface area contributed by atoms with Crippen LogP contribution in [0.5, 0.6) is 0 Å². The summed E-state index contributed by atoms with van der Waals surface area (Å²) in [7, 11) is 1.80. The van der Waals surface area contributed by atoms with Crippen molar-refractivity contribution >= 4 is 40.6 Å². The number of rotatable bonds is 3. The predicted molar refractivity (Wildman–Crippen MR) is 74.5 cm³/mol. The summed E-state index contributed by atoms with van der Waals surface area (Å²) in [5.41, 5.74) is 0. The number of likely N-dealkylation sites (tertiary alicyclic amines) is 1. The Labute approximate surface area is 122 Å². The Kier molecular flexibility index (Phi) is 3.51. The number of halogens is 1. The summed E-state index contributed by atoms with van der Waals surface area (Å²) in [5, 5.41) is 8.24. The first kappa shape index (κ1) is 13.0. The second-order valence-electron chi connectivity index (χ2n) is 4.13. The Hall–Kier alpha value is -1.05.